The lowest BCUT2D eigenvalue weighted by molar-refractivity contribution is 0.0530. The van der Waals surface area contributed by atoms with E-state index < -0.39 is 0 Å². The quantitative estimate of drug-likeness (QED) is 0.533. The molecule has 1 aromatic carbocycles. The van der Waals surface area contributed by atoms with Crippen LogP contribution in [0.1, 0.15) is 32.7 Å². The average Bonchev–Trinajstić information content (AvgIpc) is 3.29. The normalized spacial score (nSPS) is 19.4. The van der Waals surface area contributed by atoms with Crippen molar-refractivity contribution in [1.82, 2.24) is 30.4 Å². The van der Waals surface area contributed by atoms with Crippen LogP contribution in [-0.4, -0.2) is 71.2 Å². The van der Waals surface area contributed by atoms with Gasteiger partial charge in [0, 0.05) is 30.9 Å². The molecule has 0 aliphatic carbocycles. The molecule has 2 aromatic heterocycles. The number of carbonyl (C=O) groups is 1. The van der Waals surface area contributed by atoms with Gasteiger partial charge in [0.1, 0.15) is 5.82 Å². The Morgan fingerprint density at radius 2 is 2.00 bits per heavy atom. The maximum Gasteiger partial charge on any atom is 0.319 e. The van der Waals surface area contributed by atoms with E-state index in [9.17, 15) is 4.79 Å². The number of hydrogen-bond donors (Lipinski definition) is 3. The molecule has 1 atom stereocenters. The van der Waals surface area contributed by atoms with Crippen molar-refractivity contribution in [3.8, 4) is 11.4 Å². The Balaban J connectivity index is 1.53. The van der Waals surface area contributed by atoms with Gasteiger partial charge in [-0.1, -0.05) is 0 Å². The summed E-state index contributed by atoms with van der Waals surface area (Å²) in [5.74, 6) is 1.56. The van der Waals surface area contributed by atoms with E-state index >= 15 is 0 Å². The molecule has 0 spiro atoms. The Hall–Kier alpha value is -3.24. The van der Waals surface area contributed by atoms with Crippen LogP contribution in [0.4, 0.5) is 16.3 Å². The van der Waals surface area contributed by atoms with E-state index in [4.69, 9.17) is 19.8 Å². The van der Waals surface area contributed by atoms with Gasteiger partial charge in [-0.2, -0.15) is 5.10 Å². The number of nitrogens with one attached hydrogen (secondary N) is 3. The van der Waals surface area contributed by atoms with Gasteiger partial charge in [0.05, 0.1) is 30.3 Å². The third kappa shape index (κ3) is 4.69. The summed E-state index contributed by atoms with van der Waals surface area (Å²) in [6.07, 6.45) is 4.11. The van der Waals surface area contributed by atoms with Crippen molar-refractivity contribution in [2.75, 3.05) is 49.5 Å². The van der Waals surface area contributed by atoms with E-state index in [1.807, 2.05) is 37.4 Å². The maximum absolute atomic E-state index is 11.8. The van der Waals surface area contributed by atoms with Gasteiger partial charge in [0.25, 0.3) is 0 Å². The number of fused-ring (bicyclic) bond motifs is 1. The number of benzene rings is 1. The number of carbonyl (C=O) groups excluding carboxylic acids is 1. The molecule has 4 heterocycles. The summed E-state index contributed by atoms with van der Waals surface area (Å²) in [7, 11) is 0. The van der Waals surface area contributed by atoms with Gasteiger partial charge in [-0.15, -0.1) is 0 Å². The molecule has 10 heteroatoms. The van der Waals surface area contributed by atoms with Crippen LogP contribution in [0.25, 0.3) is 22.4 Å². The Bertz CT molecular complexity index is 1140. The molecule has 3 N–H and O–H groups in total. The first-order valence-corrected chi connectivity index (χ1v) is 12.1. The zero-order valence-electron chi connectivity index (χ0n) is 19.8. The van der Waals surface area contributed by atoms with E-state index in [0.717, 1.165) is 67.1 Å². The predicted octanol–water partition coefficient (Wildman–Crippen LogP) is 2.78. The van der Waals surface area contributed by atoms with E-state index in [0.29, 0.717) is 25.0 Å². The molecular formula is C24H32N8O2. The number of urea groups is 1. The minimum atomic E-state index is -0.220. The molecule has 2 fully saturated rings. The molecule has 0 saturated carbocycles. The number of aromatic nitrogens is 4. The molecule has 0 bridgehead atoms. The van der Waals surface area contributed by atoms with Crippen LogP contribution < -0.4 is 20.9 Å². The minimum Gasteiger partial charge on any atom is -0.375 e. The van der Waals surface area contributed by atoms with Crippen LogP contribution in [0, 0.1) is 0 Å². The molecule has 2 aliphatic heterocycles. The Morgan fingerprint density at radius 3 is 2.74 bits per heavy atom. The highest BCUT2D eigenvalue weighted by Gasteiger charge is 2.25. The van der Waals surface area contributed by atoms with Crippen LogP contribution in [0.15, 0.2) is 30.5 Å². The Kier molecular flexibility index (Phi) is 6.59. The SMILES string of the molecule is CCNC(=O)Nc1ccc(-c2nc(N3CCOC(C)C3)c3cnn(C4CCNCC4)c3n2)cc1. The second-order valence-electron chi connectivity index (χ2n) is 8.87. The summed E-state index contributed by atoms with van der Waals surface area (Å²) >= 11 is 0. The standard InChI is InChI=1S/C24H32N8O2/c1-3-26-24(33)28-18-6-4-17(5-7-18)21-29-22(31-12-13-34-16(2)15-31)20-14-27-32(23(20)30-21)19-8-10-25-11-9-19/h4-7,14,16,19,25H,3,8-13,15H2,1-2H3,(H2,26,28,33). The maximum atomic E-state index is 11.8. The number of amides is 2. The van der Waals surface area contributed by atoms with E-state index in [1.165, 1.54) is 0 Å². The van der Waals surface area contributed by atoms with Gasteiger partial charge in [0.15, 0.2) is 11.5 Å². The lowest BCUT2D eigenvalue weighted by Gasteiger charge is -2.32. The molecule has 2 aliphatic rings. The fourth-order valence-electron chi connectivity index (χ4n) is 4.65. The molecule has 3 aromatic rings. The smallest absolute Gasteiger partial charge is 0.319 e. The van der Waals surface area contributed by atoms with Crippen molar-refractivity contribution in [1.29, 1.82) is 0 Å². The van der Waals surface area contributed by atoms with Crippen LogP contribution in [0.2, 0.25) is 0 Å². The van der Waals surface area contributed by atoms with E-state index in [2.05, 4.69) is 32.5 Å². The van der Waals surface area contributed by atoms with Gasteiger partial charge in [0.2, 0.25) is 0 Å². The second kappa shape index (κ2) is 9.94. The van der Waals surface area contributed by atoms with Gasteiger partial charge in [-0.05, 0) is 64.0 Å². The largest absolute Gasteiger partial charge is 0.375 e. The van der Waals surface area contributed by atoms with Crippen molar-refractivity contribution >= 4 is 28.6 Å². The Morgan fingerprint density at radius 1 is 1.21 bits per heavy atom. The zero-order valence-corrected chi connectivity index (χ0v) is 19.8. The van der Waals surface area contributed by atoms with Crippen LogP contribution in [0.3, 0.4) is 0 Å². The molecule has 5 rings (SSSR count). The van der Waals surface area contributed by atoms with Crippen molar-refractivity contribution in [3.05, 3.63) is 30.5 Å². The van der Waals surface area contributed by atoms with Gasteiger partial charge in [-0.3, -0.25) is 0 Å². The van der Waals surface area contributed by atoms with Crippen molar-refractivity contribution in [3.63, 3.8) is 0 Å². The fraction of sp³-hybridized carbons (Fsp3) is 0.500. The summed E-state index contributed by atoms with van der Waals surface area (Å²) in [4.78, 5) is 24.1. The lowest BCUT2D eigenvalue weighted by Crippen LogP contribution is -2.41. The second-order valence-corrected chi connectivity index (χ2v) is 8.87. The monoisotopic (exact) mass is 464 g/mol. The third-order valence-electron chi connectivity index (χ3n) is 6.37. The molecule has 0 radical (unpaired) electrons. The number of ether oxygens (including phenoxy) is 1. The first kappa shape index (κ1) is 22.5. The summed E-state index contributed by atoms with van der Waals surface area (Å²) < 4.78 is 7.85. The number of piperidine rings is 1. The Labute approximate surface area is 199 Å². The van der Waals surface area contributed by atoms with Gasteiger partial charge in [-0.25, -0.2) is 19.4 Å². The number of nitrogens with zero attached hydrogens (tertiary/aromatic N) is 5. The molecular weight excluding hydrogens is 432 g/mol. The third-order valence-corrected chi connectivity index (χ3v) is 6.37. The van der Waals surface area contributed by atoms with Gasteiger partial charge >= 0.3 is 6.03 Å². The fourth-order valence-corrected chi connectivity index (χ4v) is 4.65. The minimum absolute atomic E-state index is 0.140. The number of morpholine rings is 1. The highest BCUT2D eigenvalue weighted by molar-refractivity contribution is 5.90. The van der Waals surface area contributed by atoms with Crippen LogP contribution >= 0.6 is 0 Å². The first-order chi connectivity index (χ1) is 16.6. The van der Waals surface area contributed by atoms with Crippen LogP contribution in [0.5, 0.6) is 0 Å². The van der Waals surface area contributed by atoms with Crippen molar-refractivity contribution in [2.24, 2.45) is 0 Å². The van der Waals surface area contributed by atoms with Gasteiger partial charge < -0.3 is 25.6 Å². The molecule has 10 nitrogen and oxygen atoms in total. The lowest BCUT2D eigenvalue weighted by atomic mass is 10.1. The number of anilines is 2. The first-order valence-electron chi connectivity index (χ1n) is 12.1. The topological polar surface area (TPSA) is 109 Å². The highest BCUT2D eigenvalue weighted by Crippen LogP contribution is 2.32. The molecule has 1 unspecified atom stereocenters. The average molecular weight is 465 g/mol. The summed E-state index contributed by atoms with van der Waals surface area (Å²) in [5.41, 5.74) is 2.48. The summed E-state index contributed by atoms with van der Waals surface area (Å²) in [6, 6.07) is 7.74. The number of rotatable bonds is 5. The highest BCUT2D eigenvalue weighted by atomic mass is 16.5. The predicted molar refractivity (Wildman–Crippen MR) is 132 cm³/mol. The van der Waals surface area contributed by atoms with E-state index in [1.54, 1.807) is 0 Å². The number of hydrogen-bond acceptors (Lipinski definition) is 7. The molecule has 180 valence electrons. The van der Waals surface area contributed by atoms with Crippen molar-refractivity contribution < 1.29 is 9.53 Å². The van der Waals surface area contributed by atoms with E-state index in [-0.39, 0.29) is 12.1 Å². The zero-order chi connectivity index (χ0) is 23.5. The summed E-state index contributed by atoms with van der Waals surface area (Å²) in [6.45, 7) is 8.75. The molecule has 2 amide bonds. The van der Waals surface area contributed by atoms with Crippen LogP contribution in [-0.2, 0) is 4.74 Å². The van der Waals surface area contributed by atoms with Crippen molar-refractivity contribution in [2.45, 2.75) is 38.8 Å². The summed E-state index contributed by atoms with van der Waals surface area (Å²) in [5, 5.41) is 14.7. The molecule has 2 saturated heterocycles. The molecule has 34 heavy (non-hydrogen) atoms.